The first-order chi connectivity index (χ1) is 9.45. The second-order valence-electron chi connectivity index (χ2n) is 4.32. The van der Waals surface area contributed by atoms with Crippen LogP contribution in [0.3, 0.4) is 0 Å². The smallest absolute Gasteiger partial charge is 0.251 e. The van der Waals surface area contributed by atoms with Crippen molar-refractivity contribution in [1.29, 1.82) is 0 Å². The van der Waals surface area contributed by atoms with Crippen molar-refractivity contribution >= 4 is 34.8 Å². The molecule has 0 aliphatic rings. The lowest BCUT2D eigenvalue weighted by Crippen LogP contribution is -2.26. The molecule has 1 aromatic heterocycles. The minimum absolute atomic E-state index is 0.106. The molecule has 4 nitrogen and oxygen atoms in total. The largest absolute Gasteiger partial charge is 0.324 e. The Hall–Kier alpha value is -1.78. The Morgan fingerprint density at radius 2 is 1.90 bits per heavy atom. The summed E-state index contributed by atoms with van der Waals surface area (Å²) in [5.74, 6) is -0.320. The summed E-state index contributed by atoms with van der Waals surface area (Å²) in [6.45, 7) is 1.75. The fourth-order valence-electron chi connectivity index (χ4n) is 1.70. The van der Waals surface area contributed by atoms with Crippen LogP contribution in [-0.4, -0.2) is 10.5 Å². The number of carbonyl (C=O) groups excluding carboxylic acids is 1. The van der Waals surface area contributed by atoms with Gasteiger partial charge in [-0.15, -0.1) is 0 Å². The van der Waals surface area contributed by atoms with Gasteiger partial charge in [-0.2, -0.15) is 0 Å². The van der Waals surface area contributed by atoms with Gasteiger partial charge in [-0.25, -0.2) is 0 Å². The summed E-state index contributed by atoms with van der Waals surface area (Å²) in [5, 5.41) is 3.65. The number of aryl methyl sites for hydroxylation is 1. The molecule has 1 aromatic carbocycles. The van der Waals surface area contributed by atoms with Gasteiger partial charge in [0.2, 0.25) is 5.91 Å². The van der Waals surface area contributed by atoms with Crippen molar-refractivity contribution in [2.45, 2.75) is 13.5 Å². The van der Waals surface area contributed by atoms with Gasteiger partial charge in [0.05, 0.1) is 5.02 Å². The minimum Gasteiger partial charge on any atom is -0.324 e. The molecule has 0 saturated heterocycles. The Kier molecular flexibility index (Phi) is 4.47. The molecule has 0 radical (unpaired) electrons. The van der Waals surface area contributed by atoms with Crippen LogP contribution < -0.4 is 10.9 Å². The fraction of sp³-hybridized carbons (Fsp3) is 0.143. The van der Waals surface area contributed by atoms with Gasteiger partial charge >= 0.3 is 0 Å². The summed E-state index contributed by atoms with van der Waals surface area (Å²) < 4.78 is 1.25. The van der Waals surface area contributed by atoms with E-state index in [0.717, 1.165) is 5.56 Å². The van der Waals surface area contributed by atoms with E-state index in [9.17, 15) is 9.59 Å². The number of amides is 1. The van der Waals surface area contributed by atoms with Crippen LogP contribution in [0.4, 0.5) is 5.69 Å². The first-order valence-corrected chi connectivity index (χ1v) is 6.63. The lowest BCUT2D eigenvalue weighted by molar-refractivity contribution is -0.116. The van der Waals surface area contributed by atoms with E-state index in [1.807, 2.05) is 13.0 Å². The molecule has 0 aliphatic carbocycles. The number of anilines is 1. The predicted molar refractivity (Wildman–Crippen MR) is 80.5 cm³/mol. The number of nitrogens with one attached hydrogen (secondary N) is 1. The van der Waals surface area contributed by atoms with Gasteiger partial charge in [0.15, 0.2) is 0 Å². The Bertz CT molecular complexity index is 711. The maximum absolute atomic E-state index is 12.0. The number of hydrogen-bond donors (Lipinski definition) is 1. The maximum atomic E-state index is 12.0. The normalized spacial score (nSPS) is 10.3. The zero-order valence-electron chi connectivity index (χ0n) is 10.7. The lowest BCUT2D eigenvalue weighted by Gasteiger charge is -2.10. The third-order valence-corrected chi connectivity index (χ3v) is 3.19. The first kappa shape index (κ1) is 14.6. The van der Waals surface area contributed by atoms with Gasteiger partial charge in [-0.1, -0.05) is 29.3 Å². The molecule has 6 heteroatoms. The molecule has 0 unspecified atom stereocenters. The highest BCUT2D eigenvalue weighted by atomic mass is 35.5. The Morgan fingerprint density at radius 1 is 1.20 bits per heavy atom. The molecule has 1 N–H and O–H groups in total. The van der Waals surface area contributed by atoms with Crippen LogP contribution in [0.2, 0.25) is 10.0 Å². The van der Waals surface area contributed by atoms with E-state index in [1.54, 1.807) is 12.1 Å². The Labute approximate surface area is 125 Å². The fourth-order valence-corrected chi connectivity index (χ4v) is 2.05. The molecular formula is C14H12Cl2N2O2. The number of benzene rings is 1. The van der Waals surface area contributed by atoms with Crippen molar-refractivity contribution in [2.75, 3.05) is 5.32 Å². The van der Waals surface area contributed by atoms with Crippen LogP contribution in [0.1, 0.15) is 5.56 Å². The molecule has 0 spiro atoms. The van der Waals surface area contributed by atoms with Crippen molar-refractivity contribution in [2.24, 2.45) is 0 Å². The molecule has 2 rings (SSSR count). The molecule has 0 saturated carbocycles. The molecule has 1 amide bonds. The molecule has 0 atom stereocenters. The number of hydrogen-bond acceptors (Lipinski definition) is 2. The molecule has 2 aromatic rings. The van der Waals surface area contributed by atoms with E-state index in [2.05, 4.69) is 5.32 Å². The summed E-state index contributed by atoms with van der Waals surface area (Å²) in [4.78, 5) is 23.5. The van der Waals surface area contributed by atoms with E-state index >= 15 is 0 Å². The highest BCUT2D eigenvalue weighted by Crippen LogP contribution is 2.20. The quantitative estimate of drug-likeness (QED) is 0.947. The van der Waals surface area contributed by atoms with E-state index in [0.29, 0.717) is 15.7 Å². The standard InChI is InChI=1S/C14H12Cl2N2O2/c1-9-2-3-10(15)6-12(9)17-13(19)8-18-7-11(16)4-5-14(18)20/h2-7H,8H2,1H3,(H,17,19). The number of carbonyl (C=O) groups is 1. The summed E-state index contributed by atoms with van der Waals surface area (Å²) in [6, 6.07) is 8.02. The highest BCUT2D eigenvalue weighted by molar-refractivity contribution is 6.31. The van der Waals surface area contributed by atoms with Crippen LogP contribution in [0.25, 0.3) is 0 Å². The van der Waals surface area contributed by atoms with E-state index < -0.39 is 0 Å². The second kappa shape index (κ2) is 6.11. The van der Waals surface area contributed by atoms with Crippen molar-refractivity contribution in [1.82, 2.24) is 4.57 Å². The summed E-state index contributed by atoms with van der Waals surface area (Å²) in [7, 11) is 0. The van der Waals surface area contributed by atoms with E-state index in [4.69, 9.17) is 23.2 Å². The number of nitrogens with zero attached hydrogens (tertiary/aromatic N) is 1. The average molecular weight is 311 g/mol. The minimum atomic E-state index is -0.320. The van der Waals surface area contributed by atoms with Gasteiger partial charge in [-0.3, -0.25) is 9.59 Å². The monoisotopic (exact) mass is 310 g/mol. The third-order valence-electron chi connectivity index (χ3n) is 2.74. The van der Waals surface area contributed by atoms with E-state index in [1.165, 1.54) is 22.9 Å². The molecule has 20 heavy (non-hydrogen) atoms. The van der Waals surface area contributed by atoms with Gasteiger partial charge < -0.3 is 9.88 Å². The Balaban J connectivity index is 2.15. The Morgan fingerprint density at radius 3 is 2.65 bits per heavy atom. The first-order valence-electron chi connectivity index (χ1n) is 5.88. The topological polar surface area (TPSA) is 51.1 Å². The summed E-state index contributed by atoms with van der Waals surface area (Å²) >= 11 is 11.7. The van der Waals surface area contributed by atoms with Gasteiger partial charge in [0.1, 0.15) is 6.54 Å². The van der Waals surface area contributed by atoms with E-state index in [-0.39, 0.29) is 18.0 Å². The summed E-state index contributed by atoms with van der Waals surface area (Å²) in [5.41, 5.74) is 1.23. The number of aromatic nitrogens is 1. The van der Waals surface area contributed by atoms with Crippen LogP contribution in [-0.2, 0) is 11.3 Å². The van der Waals surface area contributed by atoms with Crippen LogP contribution in [0.5, 0.6) is 0 Å². The van der Waals surface area contributed by atoms with Crippen LogP contribution in [0, 0.1) is 6.92 Å². The number of halogens is 2. The number of rotatable bonds is 3. The van der Waals surface area contributed by atoms with Crippen LogP contribution in [0.15, 0.2) is 41.3 Å². The summed E-state index contributed by atoms with van der Waals surface area (Å²) in [6.07, 6.45) is 1.42. The van der Waals surface area contributed by atoms with Crippen molar-refractivity contribution < 1.29 is 4.79 Å². The second-order valence-corrected chi connectivity index (χ2v) is 5.19. The van der Waals surface area contributed by atoms with Crippen molar-refractivity contribution in [3.05, 3.63) is 62.5 Å². The predicted octanol–water partition coefficient (Wildman–Crippen LogP) is 3.10. The zero-order chi connectivity index (χ0) is 14.7. The van der Waals surface area contributed by atoms with Crippen LogP contribution >= 0.6 is 23.2 Å². The lowest BCUT2D eigenvalue weighted by atomic mass is 10.2. The molecule has 104 valence electrons. The molecule has 0 fully saturated rings. The van der Waals surface area contributed by atoms with Crippen molar-refractivity contribution in [3.8, 4) is 0 Å². The molecule has 0 aliphatic heterocycles. The number of pyridine rings is 1. The highest BCUT2D eigenvalue weighted by Gasteiger charge is 2.07. The van der Waals surface area contributed by atoms with Gasteiger partial charge in [-0.05, 0) is 30.7 Å². The molecule has 1 heterocycles. The average Bonchev–Trinajstić information content (AvgIpc) is 2.38. The molecule has 0 bridgehead atoms. The SMILES string of the molecule is Cc1ccc(Cl)cc1NC(=O)Cn1cc(Cl)ccc1=O. The molecular weight excluding hydrogens is 299 g/mol. The maximum Gasteiger partial charge on any atom is 0.251 e. The van der Waals surface area contributed by atoms with Gasteiger partial charge in [0.25, 0.3) is 5.56 Å². The zero-order valence-corrected chi connectivity index (χ0v) is 12.2. The third kappa shape index (κ3) is 3.62. The van der Waals surface area contributed by atoms with Gasteiger partial charge in [0, 0.05) is 23.0 Å². The van der Waals surface area contributed by atoms with Crippen molar-refractivity contribution in [3.63, 3.8) is 0 Å².